The molecule has 2 fully saturated rings. The first-order valence-electron chi connectivity index (χ1n) is 12.3. The lowest BCUT2D eigenvalue weighted by Gasteiger charge is -2.50. The summed E-state index contributed by atoms with van der Waals surface area (Å²) in [6.07, 6.45) is 13.5. The van der Waals surface area contributed by atoms with Crippen LogP contribution in [0, 0.1) is 0 Å². The van der Waals surface area contributed by atoms with Crippen LogP contribution in [0.2, 0.25) is 0 Å². The summed E-state index contributed by atoms with van der Waals surface area (Å²) in [4.78, 5) is 4.97. The second-order valence-electron chi connectivity index (χ2n) is 9.35. The lowest BCUT2D eigenvalue weighted by atomic mass is 9.80. The van der Waals surface area contributed by atoms with Crippen LogP contribution in [0.5, 0.6) is 0 Å². The van der Waals surface area contributed by atoms with Crippen LogP contribution in [0.3, 0.4) is 0 Å². The van der Waals surface area contributed by atoms with Crippen LogP contribution in [-0.2, 0) is 24.2 Å². The fraction of sp³-hybridized carbons (Fsp3) is 0.783. The van der Waals surface area contributed by atoms with E-state index in [0.29, 0.717) is 38.3 Å². The van der Waals surface area contributed by atoms with Crippen molar-refractivity contribution in [1.29, 1.82) is 0 Å². The van der Waals surface area contributed by atoms with Crippen LogP contribution < -0.4 is 5.32 Å². The molecule has 4 aliphatic heterocycles. The van der Waals surface area contributed by atoms with Gasteiger partial charge in [-0.05, 0) is 63.9 Å². The van der Waals surface area contributed by atoms with Gasteiger partial charge in [-0.2, -0.15) is 8.42 Å². The molecule has 4 N–H and O–H groups in total. The molecule has 34 heavy (non-hydrogen) atoms. The number of amidine groups is 1. The third kappa shape index (κ3) is 5.56. The zero-order valence-electron chi connectivity index (χ0n) is 20.2. The van der Waals surface area contributed by atoms with Gasteiger partial charge in [-0.25, -0.2) is 10.1 Å². The normalized spacial score (nSPS) is 34.7. The van der Waals surface area contributed by atoms with Crippen LogP contribution in [0.4, 0.5) is 0 Å². The minimum atomic E-state index is -4.80. The Balaban J connectivity index is 0.00000324. The highest BCUT2D eigenvalue weighted by atomic mass is 32.3. The van der Waals surface area contributed by atoms with E-state index in [1.165, 1.54) is 5.06 Å². The first-order chi connectivity index (χ1) is 15.8. The molecule has 10 nitrogen and oxygen atoms in total. The third-order valence-electron chi connectivity index (χ3n) is 7.43. The second kappa shape index (κ2) is 11.2. The van der Waals surface area contributed by atoms with E-state index in [-0.39, 0.29) is 11.5 Å². The number of rotatable bonds is 7. The van der Waals surface area contributed by atoms with Crippen LogP contribution in [0.15, 0.2) is 28.9 Å². The first kappa shape index (κ1) is 27.3. The molecular weight excluding hydrogens is 462 g/mol. The lowest BCUT2D eigenvalue weighted by molar-refractivity contribution is -0.163. The smallest absolute Gasteiger partial charge is 0.412 e. The second-order valence-corrected chi connectivity index (χ2v) is 10.3. The molecule has 0 aromatic rings. The number of nitrogens with one attached hydrogen (secondary N) is 1. The number of nitrogens with zero attached hydrogens (tertiary/aromatic N) is 2. The fourth-order valence-corrected chi connectivity index (χ4v) is 5.88. The van der Waals surface area contributed by atoms with Crippen LogP contribution in [0.25, 0.3) is 0 Å². The Labute approximate surface area is 202 Å². The molecule has 0 amide bonds. The number of ether oxygens (including phenoxy) is 2. The molecule has 11 heteroatoms. The Bertz CT molecular complexity index is 890. The van der Waals surface area contributed by atoms with Gasteiger partial charge >= 0.3 is 10.4 Å². The van der Waals surface area contributed by atoms with Crippen molar-refractivity contribution in [3.05, 3.63) is 23.9 Å². The maximum atomic E-state index is 12.0. The minimum Gasteiger partial charge on any atom is -0.412 e. The molecule has 0 aromatic carbocycles. The largest absolute Gasteiger partial charge is 0.418 e. The van der Waals surface area contributed by atoms with Gasteiger partial charge in [0.05, 0.1) is 17.3 Å². The molecule has 4 atom stereocenters. The summed E-state index contributed by atoms with van der Waals surface area (Å²) >= 11 is 0. The van der Waals surface area contributed by atoms with Crippen LogP contribution in [0.1, 0.15) is 71.6 Å². The molecule has 4 unspecified atom stereocenters. The van der Waals surface area contributed by atoms with Gasteiger partial charge in [-0.1, -0.05) is 26.0 Å². The van der Waals surface area contributed by atoms with E-state index in [2.05, 4.69) is 17.5 Å². The zero-order chi connectivity index (χ0) is 23.5. The molecule has 4 heterocycles. The number of hydroxylamine groups is 2. The zero-order valence-corrected chi connectivity index (χ0v) is 21.0. The molecule has 194 valence electrons. The van der Waals surface area contributed by atoms with Crippen molar-refractivity contribution in [1.82, 2.24) is 10.4 Å². The summed E-state index contributed by atoms with van der Waals surface area (Å²) in [5.74, 6) is 0.406. The number of hydrogen-bond acceptors (Lipinski definition) is 8. The molecular formula is C23H39N3O7S. The summed E-state index contributed by atoms with van der Waals surface area (Å²) in [5.41, 5.74) is -0.628. The Hall–Kier alpha value is -1.34. The van der Waals surface area contributed by atoms with Crippen molar-refractivity contribution in [2.24, 2.45) is 4.99 Å². The fourth-order valence-electron chi connectivity index (χ4n) is 5.51. The van der Waals surface area contributed by atoms with Crippen molar-refractivity contribution in [2.75, 3.05) is 19.8 Å². The summed E-state index contributed by atoms with van der Waals surface area (Å²) < 4.78 is 51.8. The molecule has 0 radical (unpaired) electrons. The monoisotopic (exact) mass is 501 g/mol. The molecule has 4 rings (SSSR count). The Morgan fingerprint density at radius 1 is 1.15 bits per heavy atom. The summed E-state index contributed by atoms with van der Waals surface area (Å²) in [6.45, 7) is 5.97. The Morgan fingerprint density at radius 3 is 2.41 bits per heavy atom. The van der Waals surface area contributed by atoms with Gasteiger partial charge in [0.2, 0.25) is 0 Å². The van der Waals surface area contributed by atoms with E-state index >= 15 is 0 Å². The summed E-state index contributed by atoms with van der Waals surface area (Å²) in [7, 11) is -4.80. The third-order valence-corrected chi connectivity index (χ3v) is 7.78. The van der Waals surface area contributed by atoms with E-state index < -0.39 is 27.6 Å². The first-order valence-corrected chi connectivity index (χ1v) is 13.6. The van der Waals surface area contributed by atoms with Crippen molar-refractivity contribution in [3.8, 4) is 0 Å². The standard InChI is InChI=1S/C23H37N3O6S.H2O/c1-3-22(12-6-9-15-30-22)20-17-19(18-11-5-8-14-24-18)25-21(26(20)32-33(27,28)29)23(4-2)13-7-10-16-31-23;/h5,8,17-18,20,24H,3-4,6-7,9-16H2,1-2H3,(H,27,28,29);1H2. The van der Waals surface area contributed by atoms with E-state index in [0.717, 1.165) is 50.8 Å². The molecule has 0 aliphatic carbocycles. The van der Waals surface area contributed by atoms with Crippen LogP contribution >= 0.6 is 0 Å². The maximum Gasteiger partial charge on any atom is 0.418 e. The predicted octanol–water partition coefficient (Wildman–Crippen LogP) is 2.48. The Morgan fingerprint density at radius 2 is 1.88 bits per heavy atom. The summed E-state index contributed by atoms with van der Waals surface area (Å²) in [6, 6.07) is -0.579. The molecule has 4 aliphatic rings. The van der Waals surface area contributed by atoms with Gasteiger partial charge in [-0.3, -0.25) is 4.55 Å². The van der Waals surface area contributed by atoms with E-state index in [1.54, 1.807) is 0 Å². The highest BCUT2D eigenvalue weighted by molar-refractivity contribution is 7.80. The highest BCUT2D eigenvalue weighted by Crippen LogP contribution is 2.42. The highest BCUT2D eigenvalue weighted by Gasteiger charge is 2.52. The average Bonchev–Trinajstić information content (AvgIpc) is 2.84. The number of aliphatic imine (C=N–C) groups is 1. The van der Waals surface area contributed by atoms with Gasteiger partial charge in [0.25, 0.3) is 0 Å². The quantitative estimate of drug-likeness (QED) is 0.400. The average molecular weight is 502 g/mol. The number of hydrogen-bond donors (Lipinski definition) is 2. The van der Waals surface area contributed by atoms with Crippen molar-refractivity contribution >= 4 is 16.2 Å². The van der Waals surface area contributed by atoms with E-state index in [4.69, 9.17) is 18.7 Å². The minimum absolute atomic E-state index is 0. The van der Waals surface area contributed by atoms with Gasteiger partial charge in [0.1, 0.15) is 11.6 Å². The van der Waals surface area contributed by atoms with E-state index in [9.17, 15) is 13.0 Å². The van der Waals surface area contributed by atoms with Gasteiger partial charge in [0, 0.05) is 19.8 Å². The van der Waals surface area contributed by atoms with Gasteiger partial charge in [-0.15, -0.1) is 4.28 Å². The van der Waals surface area contributed by atoms with Gasteiger partial charge in [0.15, 0.2) is 5.84 Å². The lowest BCUT2D eigenvalue weighted by Crippen LogP contribution is -2.63. The molecule has 0 saturated carbocycles. The van der Waals surface area contributed by atoms with Crippen LogP contribution in [-0.4, -0.2) is 72.4 Å². The van der Waals surface area contributed by atoms with Crippen molar-refractivity contribution in [3.63, 3.8) is 0 Å². The van der Waals surface area contributed by atoms with E-state index in [1.807, 2.05) is 19.9 Å². The predicted molar refractivity (Wildman–Crippen MR) is 129 cm³/mol. The van der Waals surface area contributed by atoms with Gasteiger partial charge < -0.3 is 20.3 Å². The maximum absolute atomic E-state index is 12.0. The summed E-state index contributed by atoms with van der Waals surface area (Å²) in [5, 5.41) is 4.77. The van der Waals surface area contributed by atoms with Crippen molar-refractivity contribution in [2.45, 2.75) is 94.9 Å². The van der Waals surface area contributed by atoms with Crippen molar-refractivity contribution < 1.29 is 32.2 Å². The molecule has 2 saturated heterocycles. The molecule has 0 spiro atoms. The molecule has 0 aromatic heterocycles. The topological polar surface area (TPSA) is 141 Å². The Kier molecular flexibility index (Phi) is 8.94. The molecule has 0 bridgehead atoms. The SMILES string of the molecule is CCC1(C2=NC(C3CC=CCN3)=CC(C3(CC)CCCCO3)N2OS(=O)(=O)O)CCCCO1.O.